The topological polar surface area (TPSA) is 72.4 Å². The number of nitrogens with zero attached hydrogens (tertiary/aromatic N) is 1. The third kappa shape index (κ3) is 2.22. The van der Waals surface area contributed by atoms with E-state index in [4.69, 9.17) is 34.7 Å². The number of hydrogen-bond acceptors (Lipinski definition) is 3. The fourth-order valence-corrected chi connectivity index (χ4v) is 2.52. The van der Waals surface area contributed by atoms with Crippen molar-refractivity contribution in [2.24, 2.45) is 11.1 Å². The molecule has 1 aliphatic heterocycles. The molecule has 1 aromatic rings. The first-order chi connectivity index (χ1) is 8.33. The number of nitrogens with two attached hydrogens (primary N) is 2. The Hall–Kier alpha value is -1.13. The number of hydrogen-bond donors (Lipinski definition) is 2. The molecule has 4 nitrogen and oxygen atoms in total. The third-order valence-electron chi connectivity index (χ3n) is 3.48. The maximum atomic E-state index is 11.4. The largest absolute Gasteiger partial charge is 0.397 e. The average Bonchev–Trinajstić information content (AvgIpc) is 2.68. The lowest BCUT2D eigenvalue weighted by Crippen LogP contribution is -2.37. The Kier molecular flexibility index (Phi) is 3.34. The Balaban J connectivity index is 2.30. The molecule has 1 fully saturated rings. The van der Waals surface area contributed by atoms with Gasteiger partial charge in [0.15, 0.2) is 0 Å². The first-order valence-electron chi connectivity index (χ1n) is 5.63. The van der Waals surface area contributed by atoms with Gasteiger partial charge in [0.1, 0.15) is 0 Å². The van der Waals surface area contributed by atoms with Crippen molar-refractivity contribution >= 4 is 40.5 Å². The van der Waals surface area contributed by atoms with E-state index in [9.17, 15) is 4.79 Å². The van der Waals surface area contributed by atoms with Crippen LogP contribution in [0.3, 0.4) is 0 Å². The normalized spacial score (nSPS) is 23.4. The summed E-state index contributed by atoms with van der Waals surface area (Å²) in [6.45, 7) is 3.13. The van der Waals surface area contributed by atoms with Gasteiger partial charge in [0.05, 0.1) is 26.8 Å². The van der Waals surface area contributed by atoms with Crippen LogP contribution in [-0.4, -0.2) is 19.0 Å². The Labute approximate surface area is 116 Å². The third-order valence-corrected chi connectivity index (χ3v) is 4.20. The van der Waals surface area contributed by atoms with E-state index in [1.54, 1.807) is 12.1 Å². The second-order valence-corrected chi connectivity index (χ2v) is 5.74. The molecule has 0 bridgehead atoms. The Morgan fingerprint density at radius 1 is 1.39 bits per heavy atom. The molecule has 1 heterocycles. The van der Waals surface area contributed by atoms with Crippen molar-refractivity contribution < 1.29 is 4.79 Å². The second kappa shape index (κ2) is 4.52. The second-order valence-electron chi connectivity index (χ2n) is 4.92. The van der Waals surface area contributed by atoms with Crippen LogP contribution in [0.5, 0.6) is 0 Å². The average molecular weight is 288 g/mol. The zero-order valence-corrected chi connectivity index (χ0v) is 11.6. The van der Waals surface area contributed by atoms with E-state index in [2.05, 4.69) is 0 Å². The molecule has 2 rings (SSSR count). The van der Waals surface area contributed by atoms with E-state index in [0.29, 0.717) is 28.7 Å². The van der Waals surface area contributed by atoms with E-state index >= 15 is 0 Å². The number of anilines is 2. The van der Waals surface area contributed by atoms with Gasteiger partial charge < -0.3 is 16.4 Å². The monoisotopic (exact) mass is 287 g/mol. The highest BCUT2D eigenvalue weighted by atomic mass is 35.5. The van der Waals surface area contributed by atoms with Crippen LogP contribution >= 0.6 is 23.2 Å². The molecular formula is C12H15Cl2N3O. The lowest BCUT2D eigenvalue weighted by atomic mass is 9.89. The first-order valence-corrected chi connectivity index (χ1v) is 6.38. The first kappa shape index (κ1) is 13.3. The summed E-state index contributed by atoms with van der Waals surface area (Å²) >= 11 is 11.9. The van der Waals surface area contributed by atoms with Crippen LogP contribution in [0, 0.1) is 5.41 Å². The molecule has 18 heavy (non-hydrogen) atoms. The molecule has 1 aliphatic rings. The van der Waals surface area contributed by atoms with Crippen LogP contribution in [0.15, 0.2) is 12.1 Å². The van der Waals surface area contributed by atoms with Crippen LogP contribution in [0.4, 0.5) is 11.4 Å². The predicted octanol–water partition coefficient (Wildman–Crippen LogP) is 2.28. The number of amides is 1. The maximum Gasteiger partial charge on any atom is 0.225 e. The minimum Gasteiger partial charge on any atom is -0.397 e. The molecule has 1 amide bonds. The van der Waals surface area contributed by atoms with Crippen molar-refractivity contribution in [2.45, 2.75) is 13.3 Å². The molecule has 6 heteroatoms. The minimum atomic E-state index is -0.515. The lowest BCUT2D eigenvalue weighted by Gasteiger charge is -2.24. The minimum absolute atomic E-state index is 0.288. The fraction of sp³-hybridized carbons (Fsp3) is 0.417. The van der Waals surface area contributed by atoms with Gasteiger partial charge in [-0.1, -0.05) is 23.2 Å². The van der Waals surface area contributed by atoms with Crippen molar-refractivity contribution in [1.29, 1.82) is 0 Å². The molecule has 98 valence electrons. The fourth-order valence-electron chi connectivity index (χ4n) is 2.19. The van der Waals surface area contributed by atoms with Crippen LogP contribution in [0.1, 0.15) is 13.3 Å². The van der Waals surface area contributed by atoms with Gasteiger partial charge in [-0.05, 0) is 25.5 Å². The highest BCUT2D eigenvalue weighted by Crippen LogP contribution is 2.38. The standard InChI is InChI=1S/C12H15Cl2N3O/c1-12(11(16)18)2-3-17(6-12)10-5-8(14)7(13)4-9(10)15/h4-5H,2-3,6,15H2,1H3,(H2,16,18). The van der Waals surface area contributed by atoms with E-state index in [1.165, 1.54) is 0 Å². The van der Waals surface area contributed by atoms with Crippen molar-refractivity contribution in [3.63, 3.8) is 0 Å². The summed E-state index contributed by atoms with van der Waals surface area (Å²) < 4.78 is 0. The molecule has 0 radical (unpaired) electrons. The zero-order chi connectivity index (χ0) is 13.5. The summed E-state index contributed by atoms with van der Waals surface area (Å²) in [6.07, 6.45) is 0.710. The van der Waals surface area contributed by atoms with Crippen molar-refractivity contribution in [3.8, 4) is 0 Å². The van der Waals surface area contributed by atoms with Crippen LogP contribution in [0.25, 0.3) is 0 Å². The molecule has 1 aromatic carbocycles. The number of benzene rings is 1. The van der Waals surface area contributed by atoms with E-state index in [1.807, 2.05) is 11.8 Å². The van der Waals surface area contributed by atoms with Gasteiger partial charge in [-0.3, -0.25) is 4.79 Å². The summed E-state index contributed by atoms with van der Waals surface area (Å²) in [5.41, 5.74) is 12.2. The lowest BCUT2D eigenvalue weighted by molar-refractivity contribution is -0.125. The molecule has 0 aliphatic carbocycles. The molecule has 0 saturated carbocycles. The molecule has 4 N–H and O–H groups in total. The van der Waals surface area contributed by atoms with Gasteiger partial charge in [-0.2, -0.15) is 0 Å². The highest BCUT2D eigenvalue weighted by Gasteiger charge is 2.39. The Morgan fingerprint density at radius 2 is 2.00 bits per heavy atom. The maximum absolute atomic E-state index is 11.4. The van der Waals surface area contributed by atoms with E-state index < -0.39 is 5.41 Å². The zero-order valence-electron chi connectivity index (χ0n) is 10.0. The van der Waals surface area contributed by atoms with Gasteiger partial charge in [-0.25, -0.2) is 0 Å². The Morgan fingerprint density at radius 3 is 2.56 bits per heavy atom. The van der Waals surface area contributed by atoms with Crippen molar-refractivity contribution in [2.75, 3.05) is 23.7 Å². The van der Waals surface area contributed by atoms with Crippen LogP contribution in [0.2, 0.25) is 10.0 Å². The molecule has 0 aromatic heterocycles. The van der Waals surface area contributed by atoms with Gasteiger partial charge in [0, 0.05) is 13.1 Å². The number of rotatable bonds is 2. The smallest absolute Gasteiger partial charge is 0.225 e. The summed E-state index contributed by atoms with van der Waals surface area (Å²) in [6, 6.07) is 3.35. The summed E-state index contributed by atoms with van der Waals surface area (Å²) in [7, 11) is 0. The number of nitrogen functional groups attached to an aromatic ring is 1. The number of halogens is 2. The number of carbonyl (C=O) groups is 1. The van der Waals surface area contributed by atoms with Gasteiger partial charge in [0.25, 0.3) is 0 Å². The molecule has 1 atom stereocenters. The summed E-state index contributed by atoms with van der Waals surface area (Å²) in [5, 5.41) is 0.878. The summed E-state index contributed by atoms with van der Waals surface area (Å²) in [5.74, 6) is -0.288. The molecular weight excluding hydrogens is 273 g/mol. The van der Waals surface area contributed by atoms with Crippen LogP contribution < -0.4 is 16.4 Å². The highest BCUT2D eigenvalue weighted by molar-refractivity contribution is 6.42. The molecule has 0 spiro atoms. The predicted molar refractivity (Wildman–Crippen MR) is 75.0 cm³/mol. The van der Waals surface area contributed by atoms with E-state index in [0.717, 1.165) is 12.2 Å². The van der Waals surface area contributed by atoms with Gasteiger partial charge >= 0.3 is 0 Å². The quantitative estimate of drug-likeness (QED) is 0.820. The molecule has 1 unspecified atom stereocenters. The Bertz CT molecular complexity index is 506. The molecule has 1 saturated heterocycles. The number of carbonyl (C=O) groups excluding carboxylic acids is 1. The van der Waals surface area contributed by atoms with Crippen molar-refractivity contribution in [3.05, 3.63) is 22.2 Å². The van der Waals surface area contributed by atoms with Gasteiger partial charge in [-0.15, -0.1) is 0 Å². The van der Waals surface area contributed by atoms with Crippen molar-refractivity contribution in [1.82, 2.24) is 0 Å². The van der Waals surface area contributed by atoms with Gasteiger partial charge in [0.2, 0.25) is 5.91 Å². The number of primary amides is 1. The summed E-state index contributed by atoms with van der Waals surface area (Å²) in [4.78, 5) is 13.4. The SMILES string of the molecule is CC1(C(N)=O)CCN(c2cc(Cl)c(Cl)cc2N)C1. The van der Waals surface area contributed by atoms with Crippen LogP contribution in [-0.2, 0) is 4.79 Å². The van der Waals surface area contributed by atoms with E-state index in [-0.39, 0.29) is 5.91 Å².